The molecule has 2 fully saturated rings. The van der Waals surface area contributed by atoms with Crippen molar-refractivity contribution in [3.8, 4) is 6.07 Å². The fourth-order valence-electron chi connectivity index (χ4n) is 2.40. The summed E-state index contributed by atoms with van der Waals surface area (Å²) in [4.78, 5) is 2.64. The van der Waals surface area contributed by atoms with Gasteiger partial charge in [0.05, 0.1) is 6.07 Å². The molecule has 2 aliphatic rings. The number of nitrogens with two attached hydrogens (primary N) is 1. The second kappa shape index (κ2) is 5.37. The monoisotopic (exact) mass is 235 g/mol. The third-order valence-electron chi connectivity index (χ3n) is 4.17. The summed E-state index contributed by atoms with van der Waals surface area (Å²) in [5.74, 6) is 0.973. The average molecular weight is 235 g/mol. The first-order valence-electron chi connectivity index (χ1n) is 7.11. The van der Waals surface area contributed by atoms with E-state index in [4.69, 9.17) is 11.0 Å². The minimum atomic E-state index is -0.588. The molecule has 0 heterocycles. The molecule has 3 nitrogen and oxygen atoms in total. The van der Waals surface area contributed by atoms with Crippen LogP contribution in [0, 0.1) is 17.2 Å². The summed E-state index contributed by atoms with van der Waals surface area (Å²) in [6.07, 6.45) is 8.29. The van der Waals surface area contributed by atoms with Crippen LogP contribution in [0.1, 0.15) is 51.9 Å². The summed E-state index contributed by atoms with van der Waals surface area (Å²) in [6.45, 7) is 4.44. The molecule has 0 spiro atoms. The predicted molar refractivity (Wildman–Crippen MR) is 69.4 cm³/mol. The molecular formula is C14H25N3. The van der Waals surface area contributed by atoms with Gasteiger partial charge in [-0.25, -0.2) is 0 Å². The minimum absolute atomic E-state index is 0.588. The largest absolute Gasteiger partial charge is 0.313 e. The summed E-state index contributed by atoms with van der Waals surface area (Å²) in [6, 6.07) is 3.11. The SMILES string of the molecule is CCC(N)(C#N)CCCN(CC1CC1)C1CC1. The molecule has 2 N–H and O–H groups in total. The lowest BCUT2D eigenvalue weighted by Crippen LogP contribution is -2.38. The van der Waals surface area contributed by atoms with E-state index >= 15 is 0 Å². The maximum Gasteiger partial charge on any atom is 0.104 e. The van der Waals surface area contributed by atoms with Gasteiger partial charge >= 0.3 is 0 Å². The highest BCUT2D eigenvalue weighted by Gasteiger charge is 2.33. The number of nitriles is 1. The molecule has 0 aromatic heterocycles. The van der Waals surface area contributed by atoms with E-state index in [2.05, 4.69) is 11.0 Å². The average Bonchev–Trinajstić information content (AvgIpc) is 3.18. The van der Waals surface area contributed by atoms with Gasteiger partial charge in [-0.15, -0.1) is 0 Å². The van der Waals surface area contributed by atoms with E-state index in [1.807, 2.05) is 6.92 Å². The van der Waals surface area contributed by atoms with Gasteiger partial charge in [-0.05, 0) is 57.4 Å². The highest BCUT2D eigenvalue weighted by molar-refractivity contribution is 5.03. The quantitative estimate of drug-likeness (QED) is 0.702. The molecule has 1 unspecified atom stereocenters. The Hall–Kier alpha value is -0.590. The first-order chi connectivity index (χ1) is 8.17. The Labute approximate surface area is 105 Å². The minimum Gasteiger partial charge on any atom is -0.313 e. The van der Waals surface area contributed by atoms with Crippen molar-refractivity contribution in [3.63, 3.8) is 0 Å². The number of nitrogens with zero attached hydrogens (tertiary/aromatic N) is 2. The van der Waals surface area contributed by atoms with Gasteiger partial charge in [-0.3, -0.25) is 0 Å². The lowest BCUT2D eigenvalue weighted by molar-refractivity contribution is 0.241. The highest BCUT2D eigenvalue weighted by atomic mass is 15.2. The topological polar surface area (TPSA) is 53.1 Å². The Balaban J connectivity index is 1.69. The van der Waals surface area contributed by atoms with Crippen molar-refractivity contribution >= 4 is 0 Å². The van der Waals surface area contributed by atoms with Crippen molar-refractivity contribution in [1.82, 2.24) is 4.90 Å². The van der Waals surface area contributed by atoms with Crippen molar-refractivity contribution < 1.29 is 0 Å². The van der Waals surface area contributed by atoms with Gasteiger partial charge in [-0.1, -0.05) is 6.92 Å². The molecule has 2 rings (SSSR count). The standard InChI is InChI=1S/C14H25N3/c1-2-14(16,11-15)8-3-9-17(13-6-7-13)10-12-4-5-12/h12-13H,2-10,16H2,1H3. The fraction of sp³-hybridized carbons (Fsp3) is 0.929. The Morgan fingerprint density at radius 3 is 2.53 bits per heavy atom. The van der Waals surface area contributed by atoms with E-state index in [0.717, 1.165) is 37.8 Å². The zero-order valence-corrected chi connectivity index (χ0v) is 11.0. The van der Waals surface area contributed by atoms with E-state index in [1.165, 1.54) is 32.2 Å². The summed E-state index contributed by atoms with van der Waals surface area (Å²) < 4.78 is 0. The van der Waals surface area contributed by atoms with E-state index < -0.39 is 5.54 Å². The summed E-state index contributed by atoms with van der Waals surface area (Å²) >= 11 is 0. The lowest BCUT2D eigenvalue weighted by Gasteiger charge is -2.24. The van der Waals surface area contributed by atoms with Gasteiger partial charge in [0.1, 0.15) is 5.54 Å². The predicted octanol–water partition coefficient (Wildman–Crippen LogP) is 2.27. The van der Waals surface area contributed by atoms with Crippen LogP contribution in [-0.2, 0) is 0 Å². The van der Waals surface area contributed by atoms with Crippen LogP contribution in [0.2, 0.25) is 0 Å². The van der Waals surface area contributed by atoms with Crippen molar-refractivity contribution in [3.05, 3.63) is 0 Å². The molecular weight excluding hydrogens is 210 g/mol. The molecule has 17 heavy (non-hydrogen) atoms. The third-order valence-corrected chi connectivity index (χ3v) is 4.17. The van der Waals surface area contributed by atoms with E-state index in [9.17, 15) is 0 Å². The Bertz CT molecular complexity index is 288. The van der Waals surface area contributed by atoms with Crippen molar-refractivity contribution in [2.24, 2.45) is 11.7 Å². The smallest absolute Gasteiger partial charge is 0.104 e. The molecule has 1 atom stereocenters. The number of hydrogen-bond acceptors (Lipinski definition) is 3. The first kappa shape index (κ1) is 12.9. The van der Waals surface area contributed by atoms with Gasteiger partial charge in [0.25, 0.3) is 0 Å². The molecule has 0 amide bonds. The van der Waals surface area contributed by atoms with Gasteiger partial charge in [0.2, 0.25) is 0 Å². The van der Waals surface area contributed by atoms with Crippen LogP contribution < -0.4 is 5.73 Å². The van der Waals surface area contributed by atoms with Crippen LogP contribution in [0.4, 0.5) is 0 Å². The highest BCUT2D eigenvalue weighted by Crippen LogP contribution is 2.35. The summed E-state index contributed by atoms with van der Waals surface area (Å²) in [5.41, 5.74) is 5.42. The van der Waals surface area contributed by atoms with Crippen molar-refractivity contribution in [2.75, 3.05) is 13.1 Å². The second-order valence-corrected chi connectivity index (χ2v) is 5.89. The Morgan fingerprint density at radius 1 is 1.35 bits per heavy atom. The molecule has 2 saturated carbocycles. The Morgan fingerprint density at radius 2 is 2.06 bits per heavy atom. The maximum atomic E-state index is 9.04. The molecule has 0 aromatic carbocycles. The maximum absolute atomic E-state index is 9.04. The van der Waals surface area contributed by atoms with Crippen molar-refractivity contribution in [2.45, 2.75) is 63.5 Å². The van der Waals surface area contributed by atoms with Gasteiger partial charge in [0, 0.05) is 12.6 Å². The first-order valence-corrected chi connectivity index (χ1v) is 7.11. The molecule has 3 heteroatoms. The molecule has 0 saturated heterocycles. The zero-order chi connectivity index (χ0) is 12.3. The normalized spacial score (nSPS) is 23.4. The third kappa shape index (κ3) is 3.97. The van der Waals surface area contributed by atoms with Crippen LogP contribution in [0.15, 0.2) is 0 Å². The second-order valence-electron chi connectivity index (χ2n) is 5.89. The van der Waals surface area contributed by atoms with Gasteiger partial charge in [0.15, 0.2) is 0 Å². The zero-order valence-electron chi connectivity index (χ0n) is 11.0. The molecule has 0 aliphatic heterocycles. The van der Waals surface area contributed by atoms with Crippen LogP contribution in [0.3, 0.4) is 0 Å². The van der Waals surface area contributed by atoms with E-state index in [-0.39, 0.29) is 0 Å². The van der Waals surface area contributed by atoms with Crippen LogP contribution in [-0.4, -0.2) is 29.6 Å². The summed E-state index contributed by atoms with van der Waals surface area (Å²) in [7, 11) is 0. The molecule has 0 bridgehead atoms. The van der Waals surface area contributed by atoms with E-state index in [0.29, 0.717) is 0 Å². The summed E-state index contributed by atoms with van der Waals surface area (Å²) in [5, 5.41) is 9.04. The van der Waals surface area contributed by atoms with Gasteiger partial charge in [-0.2, -0.15) is 5.26 Å². The molecule has 0 aromatic rings. The molecule has 0 radical (unpaired) electrons. The van der Waals surface area contributed by atoms with Gasteiger partial charge < -0.3 is 10.6 Å². The van der Waals surface area contributed by atoms with Crippen LogP contribution in [0.25, 0.3) is 0 Å². The Kier molecular flexibility index (Phi) is 4.06. The fourth-order valence-corrected chi connectivity index (χ4v) is 2.40. The molecule has 96 valence electrons. The van der Waals surface area contributed by atoms with Crippen LogP contribution >= 0.6 is 0 Å². The van der Waals surface area contributed by atoms with Crippen LogP contribution in [0.5, 0.6) is 0 Å². The van der Waals surface area contributed by atoms with E-state index in [1.54, 1.807) is 0 Å². The lowest BCUT2D eigenvalue weighted by atomic mass is 9.93. The molecule has 2 aliphatic carbocycles. The van der Waals surface area contributed by atoms with Crippen molar-refractivity contribution in [1.29, 1.82) is 5.26 Å². The number of rotatable bonds is 8. The number of hydrogen-bond donors (Lipinski definition) is 1.